The van der Waals surface area contributed by atoms with Gasteiger partial charge in [0.25, 0.3) is 0 Å². The Morgan fingerprint density at radius 1 is 1.38 bits per heavy atom. The van der Waals surface area contributed by atoms with Crippen molar-refractivity contribution in [2.45, 2.75) is 39.7 Å². The maximum atomic E-state index is 11.8. The fourth-order valence-electron chi connectivity index (χ4n) is 1.72. The van der Waals surface area contributed by atoms with Crippen molar-refractivity contribution in [1.82, 2.24) is 4.98 Å². The van der Waals surface area contributed by atoms with Crippen LogP contribution < -0.4 is 11.1 Å². The Hall–Kier alpha value is -1.96. The number of hydrogen-bond donors (Lipinski definition) is 2. The molecule has 0 aliphatic heterocycles. The van der Waals surface area contributed by atoms with Crippen LogP contribution in [-0.4, -0.2) is 34.8 Å². The number of carbonyl (C=O) groups is 3. The summed E-state index contributed by atoms with van der Waals surface area (Å²) in [6.45, 7) is 6.78. The van der Waals surface area contributed by atoms with E-state index in [0.717, 1.165) is 11.3 Å². The van der Waals surface area contributed by atoms with Crippen LogP contribution in [-0.2, 0) is 9.53 Å². The molecule has 1 rings (SSSR count). The Balaban J connectivity index is 3.05. The Labute approximate surface area is 126 Å². The second kappa shape index (κ2) is 6.66. The molecule has 0 bridgehead atoms. The Bertz CT molecular complexity index is 566. The Kier molecular flexibility index (Phi) is 5.42. The summed E-state index contributed by atoms with van der Waals surface area (Å²) < 4.78 is 4.88. The van der Waals surface area contributed by atoms with Crippen LogP contribution in [0.4, 0.5) is 5.13 Å². The molecular weight excluding hydrogens is 294 g/mol. The van der Waals surface area contributed by atoms with E-state index in [-0.39, 0.29) is 29.4 Å². The van der Waals surface area contributed by atoms with Crippen LogP contribution in [0.5, 0.6) is 0 Å². The molecule has 0 saturated heterocycles. The summed E-state index contributed by atoms with van der Waals surface area (Å²) in [4.78, 5) is 38.7. The minimum absolute atomic E-state index is 0.00766. The number of Topliss-reactive ketones (excluding diaryl/α,β-unsaturated/α-hetero) is 1. The fourth-order valence-corrected chi connectivity index (χ4v) is 2.75. The van der Waals surface area contributed by atoms with Gasteiger partial charge in [-0.05, 0) is 20.8 Å². The number of rotatable bonds is 7. The number of anilines is 1. The average Bonchev–Trinajstić information content (AvgIpc) is 2.70. The number of esters is 1. The summed E-state index contributed by atoms with van der Waals surface area (Å²) in [7, 11) is 0. The van der Waals surface area contributed by atoms with Crippen molar-refractivity contribution in [3.63, 3.8) is 0 Å². The van der Waals surface area contributed by atoms with Crippen molar-refractivity contribution in [2.75, 3.05) is 11.9 Å². The molecule has 0 radical (unpaired) electrons. The van der Waals surface area contributed by atoms with E-state index in [0.29, 0.717) is 5.13 Å². The molecule has 0 aromatic carbocycles. The molecule has 0 atom stereocenters. The van der Waals surface area contributed by atoms with Gasteiger partial charge in [-0.15, -0.1) is 0 Å². The third-order valence-electron chi connectivity index (χ3n) is 2.48. The number of amides is 1. The molecule has 1 amide bonds. The predicted octanol–water partition coefficient (Wildman–Crippen LogP) is 1.59. The first-order valence-electron chi connectivity index (χ1n) is 6.41. The van der Waals surface area contributed by atoms with E-state index in [2.05, 4.69) is 10.3 Å². The van der Waals surface area contributed by atoms with Crippen LogP contribution in [0.3, 0.4) is 0 Å². The van der Waals surface area contributed by atoms with Gasteiger partial charge in [0.1, 0.15) is 4.88 Å². The molecule has 0 unspecified atom stereocenters. The number of nitrogens with two attached hydrogens (primary N) is 1. The molecule has 1 aromatic heterocycles. The number of carbonyl (C=O) groups excluding carboxylic acids is 3. The highest BCUT2D eigenvalue weighted by atomic mass is 32.1. The number of thiazole rings is 1. The lowest BCUT2D eigenvalue weighted by atomic mass is 10.0. The second-order valence-corrected chi connectivity index (χ2v) is 6.12. The molecule has 3 N–H and O–H groups in total. The number of nitrogens with zero attached hydrogens (tertiary/aromatic N) is 1. The lowest BCUT2D eigenvalue weighted by Gasteiger charge is -2.24. The van der Waals surface area contributed by atoms with Gasteiger partial charge in [-0.25, -0.2) is 9.78 Å². The standard InChI is InChI=1S/C13H19N3O4S/c1-5-20-11(19)9-10(7(2)17)21-12(15-9)16-13(3,4)6-8(14)18/h5-6H2,1-4H3,(H2,14,18)(H,15,16). The minimum atomic E-state index is -0.639. The number of primary amides is 1. The zero-order chi connectivity index (χ0) is 16.2. The lowest BCUT2D eigenvalue weighted by molar-refractivity contribution is -0.118. The molecule has 0 fully saturated rings. The van der Waals surface area contributed by atoms with Gasteiger partial charge in [0.2, 0.25) is 5.91 Å². The van der Waals surface area contributed by atoms with Crippen molar-refractivity contribution in [3.05, 3.63) is 10.6 Å². The smallest absolute Gasteiger partial charge is 0.358 e. The molecule has 21 heavy (non-hydrogen) atoms. The summed E-state index contributed by atoms with van der Waals surface area (Å²) in [6, 6.07) is 0. The molecule has 7 nitrogen and oxygen atoms in total. The van der Waals surface area contributed by atoms with E-state index in [1.54, 1.807) is 20.8 Å². The van der Waals surface area contributed by atoms with Crippen molar-refractivity contribution >= 4 is 34.1 Å². The number of aromatic nitrogens is 1. The quantitative estimate of drug-likeness (QED) is 0.584. The van der Waals surface area contributed by atoms with Gasteiger partial charge in [-0.1, -0.05) is 11.3 Å². The highest BCUT2D eigenvalue weighted by molar-refractivity contribution is 7.17. The number of nitrogens with one attached hydrogen (secondary N) is 1. The van der Waals surface area contributed by atoms with E-state index < -0.39 is 17.4 Å². The topological polar surface area (TPSA) is 111 Å². The summed E-state index contributed by atoms with van der Waals surface area (Å²) >= 11 is 1.05. The van der Waals surface area contributed by atoms with Crippen molar-refractivity contribution in [3.8, 4) is 0 Å². The molecule has 8 heteroatoms. The fraction of sp³-hybridized carbons (Fsp3) is 0.538. The Morgan fingerprint density at radius 2 is 2.00 bits per heavy atom. The van der Waals surface area contributed by atoms with E-state index >= 15 is 0 Å². The highest BCUT2D eigenvalue weighted by Crippen LogP contribution is 2.27. The average molecular weight is 313 g/mol. The van der Waals surface area contributed by atoms with Gasteiger partial charge in [-0.2, -0.15) is 0 Å². The molecular formula is C13H19N3O4S. The monoisotopic (exact) mass is 313 g/mol. The largest absolute Gasteiger partial charge is 0.461 e. The zero-order valence-corrected chi connectivity index (χ0v) is 13.3. The Morgan fingerprint density at radius 3 is 2.48 bits per heavy atom. The van der Waals surface area contributed by atoms with Crippen LogP contribution in [0.15, 0.2) is 0 Å². The molecule has 0 spiro atoms. The van der Waals surface area contributed by atoms with Gasteiger partial charge in [0.15, 0.2) is 16.6 Å². The van der Waals surface area contributed by atoms with E-state index in [1.807, 2.05) is 0 Å². The third kappa shape index (κ3) is 4.82. The van der Waals surface area contributed by atoms with Gasteiger partial charge in [0, 0.05) is 18.9 Å². The molecule has 116 valence electrons. The molecule has 0 aliphatic carbocycles. The van der Waals surface area contributed by atoms with Crippen LogP contribution in [0.1, 0.15) is 54.3 Å². The van der Waals surface area contributed by atoms with Gasteiger partial charge < -0.3 is 15.8 Å². The second-order valence-electron chi connectivity index (χ2n) is 5.13. The van der Waals surface area contributed by atoms with Crippen LogP contribution in [0.2, 0.25) is 0 Å². The minimum Gasteiger partial charge on any atom is -0.461 e. The summed E-state index contributed by atoms with van der Waals surface area (Å²) in [6.07, 6.45) is 0.0940. The van der Waals surface area contributed by atoms with Gasteiger partial charge in [-0.3, -0.25) is 9.59 Å². The first kappa shape index (κ1) is 17.1. The van der Waals surface area contributed by atoms with E-state index in [4.69, 9.17) is 10.5 Å². The summed E-state index contributed by atoms with van der Waals surface area (Å²) in [5.41, 5.74) is 4.54. The number of ether oxygens (including phenoxy) is 1. The molecule has 1 aromatic rings. The third-order valence-corrected chi connectivity index (χ3v) is 3.55. The predicted molar refractivity (Wildman–Crippen MR) is 79.6 cm³/mol. The molecule has 0 aliphatic rings. The van der Waals surface area contributed by atoms with Crippen molar-refractivity contribution in [1.29, 1.82) is 0 Å². The van der Waals surface area contributed by atoms with E-state index in [1.165, 1.54) is 6.92 Å². The van der Waals surface area contributed by atoms with Crippen LogP contribution in [0.25, 0.3) is 0 Å². The first-order chi connectivity index (χ1) is 9.66. The highest BCUT2D eigenvalue weighted by Gasteiger charge is 2.26. The van der Waals surface area contributed by atoms with E-state index in [9.17, 15) is 14.4 Å². The van der Waals surface area contributed by atoms with Gasteiger partial charge >= 0.3 is 5.97 Å². The van der Waals surface area contributed by atoms with Crippen LogP contribution >= 0.6 is 11.3 Å². The van der Waals surface area contributed by atoms with Crippen LogP contribution in [0, 0.1) is 0 Å². The van der Waals surface area contributed by atoms with Gasteiger partial charge in [0.05, 0.1) is 6.61 Å². The number of hydrogen-bond acceptors (Lipinski definition) is 7. The number of ketones is 1. The maximum Gasteiger partial charge on any atom is 0.358 e. The van der Waals surface area contributed by atoms with Crippen molar-refractivity contribution in [2.24, 2.45) is 5.73 Å². The molecule has 0 saturated carbocycles. The lowest BCUT2D eigenvalue weighted by Crippen LogP contribution is -2.35. The SMILES string of the molecule is CCOC(=O)c1nc(NC(C)(C)CC(N)=O)sc1C(C)=O. The zero-order valence-electron chi connectivity index (χ0n) is 12.5. The molecule has 1 heterocycles. The normalized spacial score (nSPS) is 11.0. The van der Waals surface area contributed by atoms with Crippen molar-refractivity contribution < 1.29 is 19.1 Å². The first-order valence-corrected chi connectivity index (χ1v) is 7.23. The maximum absolute atomic E-state index is 11.8. The summed E-state index contributed by atoms with van der Waals surface area (Å²) in [5.74, 6) is -1.36. The summed E-state index contributed by atoms with van der Waals surface area (Å²) in [5, 5.41) is 3.38.